The van der Waals surface area contributed by atoms with Crippen molar-refractivity contribution in [2.75, 3.05) is 6.16 Å². The molecule has 0 amide bonds. The van der Waals surface area contributed by atoms with Crippen LogP contribution in [0.3, 0.4) is 0 Å². The zero-order chi connectivity index (χ0) is 15.0. The average Bonchev–Trinajstić information content (AvgIpc) is 2.49. The molecule has 0 radical (unpaired) electrons. The molecule has 6 heteroatoms. The zero-order valence-electron chi connectivity index (χ0n) is 11.3. The molecule has 0 bridgehead atoms. The molecule has 0 unspecified atom stereocenters. The van der Waals surface area contributed by atoms with E-state index in [1.54, 1.807) is 48.5 Å². The van der Waals surface area contributed by atoms with Gasteiger partial charge < -0.3 is 14.3 Å². The Labute approximate surface area is 123 Å². The molecule has 2 aromatic carbocycles. The fraction of sp³-hybridized carbons (Fsp3) is 0.133. The lowest BCUT2D eigenvalue weighted by Crippen LogP contribution is -2.05. The van der Waals surface area contributed by atoms with Crippen molar-refractivity contribution in [3.05, 3.63) is 60.7 Å². The highest BCUT2D eigenvalue weighted by Crippen LogP contribution is 2.48. The summed E-state index contributed by atoms with van der Waals surface area (Å²) in [7, 11) is -3.40. The van der Waals surface area contributed by atoms with Gasteiger partial charge in [-0.05, 0) is 30.7 Å². The van der Waals surface area contributed by atoms with Crippen LogP contribution in [0.1, 0.15) is 6.42 Å². The lowest BCUT2D eigenvalue weighted by molar-refractivity contribution is 0.320. The first-order valence-corrected chi connectivity index (χ1v) is 8.19. The van der Waals surface area contributed by atoms with Crippen molar-refractivity contribution in [3.8, 4) is 11.5 Å². The zero-order valence-corrected chi connectivity index (χ0v) is 12.2. The normalized spacial score (nSPS) is 11.4. The Bertz CT molecular complexity index is 571. The van der Waals surface area contributed by atoms with Crippen LogP contribution < -0.4 is 9.05 Å². The van der Waals surface area contributed by atoms with Crippen LogP contribution in [0.15, 0.2) is 65.8 Å². The van der Waals surface area contributed by atoms with Crippen molar-refractivity contribution < 1.29 is 18.8 Å². The van der Waals surface area contributed by atoms with E-state index in [0.717, 1.165) is 0 Å². The quantitative estimate of drug-likeness (QED) is 0.360. The molecule has 0 atom stereocenters. The third-order valence-corrected chi connectivity index (χ3v) is 4.37. The topological polar surface area (TPSA) is 68.1 Å². The van der Waals surface area contributed by atoms with Gasteiger partial charge in [0.15, 0.2) is 0 Å². The molecule has 0 aromatic heterocycles. The van der Waals surface area contributed by atoms with Gasteiger partial charge in [-0.1, -0.05) is 36.4 Å². The van der Waals surface area contributed by atoms with E-state index in [1.165, 1.54) is 6.21 Å². The summed E-state index contributed by atoms with van der Waals surface area (Å²) in [5, 5.41) is 11.3. The van der Waals surface area contributed by atoms with E-state index in [2.05, 4.69) is 5.16 Å². The van der Waals surface area contributed by atoms with Gasteiger partial charge in [0.2, 0.25) is 0 Å². The lowest BCUT2D eigenvalue weighted by atomic mass is 10.3. The van der Waals surface area contributed by atoms with Crippen LogP contribution in [-0.4, -0.2) is 17.6 Å². The molecule has 0 aliphatic rings. The van der Waals surface area contributed by atoms with E-state index in [4.69, 9.17) is 14.3 Å². The fourth-order valence-corrected chi connectivity index (χ4v) is 3.20. The molecule has 0 aliphatic carbocycles. The second-order valence-electron chi connectivity index (χ2n) is 4.23. The highest BCUT2D eigenvalue weighted by Gasteiger charge is 2.27. The van der Waals surface area contributed by atoms with Crippen molar-refractivity contribution in [3.63, 3.8) is 0 Å². The first-order chi connectivity index (χ1) is 10.2. The van der Waals surface area contributed by atoms with E-state index in [9.17, 15) is 4.57 Å². The van der Waals surface area contributed by atoms with Crippen LogP contribution in [0.5, 0.6) is 11.5 Å². The van der Waals surface area contributed by atoms with Gasteiger partial charge in [-0.25, -0.2) is 4.57 Å². The van der Waals surface area contributed by atoms with Gasteiger partial charge in [0.25, 0.3) is 0 Å². The van der Waals surface area contributed by atoms with Crippen molar-refractivity contribution >= 4 is 13.8 Å². The summed E-state index contributed by atoms with van der Waals surface area (Å²) in [5.74, 6) is 0.940. The minimum atomic E-state index is -3.40. The Morgan fingerprint density at radius 2 is 1.43 bits per heavy atom. The van der Waals surface area contributed by atoms with E-state index in [0.29, 0.717) is 11.5 Å². The average molecular weight is 305 g/mol. The number of hydrogen-bond donors (Lipinski definition) is 1. The number of oxime groups is 1. The summed E-state index contributed by atoms with van der Waals surface area (Å²) in [6.45, 7) is 0. The second kappa shape index (κ2) is 7.50. The number of benzene rings is 2. The molecule has 1 N–H and O–H groups in total. The maximum atomic E-state index is 12.8. The molecule has 0 fully saturated rings. The van der Waals surface area contributed by atoms with E-state index < -0.39 is 7.60 Å². The summed E-state index contributed by atoms with van der Waals surface area (Å²) in [6.07, 6.45) is 1.66. The van der Waals surface area contributed by atoms with Gasteiger partial charge in [0.05, 0.1) is 6.16 Å². The molecule has 0 heterocycles. The van der Waals surface area contributed by atoms with E-state index >= 15 is 0 Å². The molecule has 110 valence electrons. The molecule has 0 saturated carbocycles. The van der Waals surface area contributed by atoms with Gasteiger partial charge in [-0.3, -0.25) is 0 Å². The Balaban J connectivity index is 2.15. The van der Waals surface area contributed by atoms with Crippen LogP contribution in [0.2, 0.25) is 0 Å². The third-order valence-electron chi connectivity index (χ3n) is 2.59. The maximum Gasteiger partial charge on any atom is 0.431 e. The molecule has 0 spiro atoms. The minimum Gasteiger partial charge on any atom is -0.416 e. The summed E-state index contributed by atoms with van der Waals surface area (Å²) in [6, 6.07) is 17.7. The van der Waals surface area contributed by atoms with Crippen LogP contribution in [-0.2, 0) is 4.57 Å². The van der Waals surface area contributed by atoms with Crippen LogP contribution in [0.25, 0.3) is 0 Å². The molecule has 2 aromatic rings. The second-order valence-corrected chi connectivity index (χ2v) is 6.26. The van der Waals surface area contributed by atoms with Gasteiger partial charge in [-0.15, -0.1) is 5.16 Å². The maximum absolute atomic E-state index is 12.8. The fourth-order valence-electron chi connectivity index (χ4n) is 1.67. The summed E-state index contributed by atoms with van der Waals surface area (Å²) in [4.78, 5) is 0. The van der Waals surface area contributed by atoms with Gasteiger partial charge in [-0.2, -0.15) is 0 Å². The third kappa shape index (κ3) is 4.97. The van der Waals surface area contributed by atoms with Crippen molar-refractivity contribution in [1.82, 2.24) is 0 Å². The van der Waals surface area contributed by atoms with E-state index in [-0.39, 0.29) is 12.6 Å². The highest BCUT2D eigenvalue weighted by atomic mass is 31.2. The summed E-state index contributed by atoms with van der Waals surface area (Å²) in [5.41, 5.74) is 0. The molecule has 5 nitrogen and oxygen atoms in total. The Kier molecular flexibility index (Phi) is 5.41. The molecule has 21 heavy (non-hydrogen) atoms. The predicted molar refractivity (Wildman–Crippen MR) is 81.5 cm³/mol. The molecular formula is C15H16NO4P. The summed E-state index contributed by atoms with van der Waals surface area (Å²) >= 11 is 0. The van der Waals surface area contributed by atoms with Crippen molar-refractivity contribution in [2.24, 2.45) is 5.16 Å². The van der Waals surface area contributed by atoms with Crippen LogP contribution in [0.4, 0.5) is 0 Å². The first-order valence-electron chi connectivity index (χ1n) is 6.46. The first kappa shape index (κ1) is 15.1. The number of nitrogens with zero attached hydrogens (tertiary/aromatic N) is 1. The standard InChI is InChI=1S/C15H16NO4P/c17-16-12-7-13-21(18,19-14-8-3-1-4-9-14)20-15-10-5-2-6-11-15/h1-6,8-12,17H,7,13H2. The Hall–Kier alpha value is -2.26. The van der Waals surface area contributed by atoms with Crippen molar-refractivity contribution in [2.45, 2.75) is 6.42 Å². The van der Waals surface area contributed by atoms with E-state index in [1.807, 2.05) is 12.1 Å². The Morgan fingerprint density at radius 3 is 1.86 bits per heavy atom. The molecule has 0 aliphatic heterocycles. The van der Waals surface area contributed by atoms with Crippen LogP contribution in [0, 0.1) is 0 Å². The largest absolute Gasteiger partial charge is 0.431 e. The molecular weight excluding hydrogens is 289 g/mol. The number of para-hydroxylation sites is 2. The van der Waals surface area contributed by atoms with Gasteiger partial charge in [0.1, 0.15) is 11.5 Å². The smallest absolute Gasteiger partial charge is 0.416 e. The highest BCUT2D eigenvalue weighted by molar-refractivity contribution is 7.54. The minimum absolute atomic E-state index is 0.112. The van der Waals surface area contributed by atoms with Crippen LogP contribution >= 0.6 is 7.60 Å². The lowest BCUT2D eigenvalue weighted by Gasteiger charge is -2.19. The SMILES string of the molecule is O=P(CCC=NO)(Oc1ccccc1)Oc1ccccc1. The van der Waals surface area contributed by atoms with Crippen molar-refractivity contribution in [1.29, 1.82) is 0 Å². The number of hydrogen-bond acceptors (Lipinski definition) is 5. The monoisotopic (exact) mass is 305 g/mol. The number of rotatable bonds is 7. The summed E-state index contributed by atoms with van der Waals surface area (Å²) < 4.78 is 23.9. The molecule has 0 saturated heterocycles. The molecule has 2 rings (SSSR count). The van der Waals surface area contributed by atoms with Gasteiger partial charge >= 0.3 is 7.60 Å². The Morgan fingerprint density at radius 1 is 0.952 bits per heavy atom. The predicted octanol–water partition coefficient (Wildman–Crippen LogP) is 4.19. The van der Waals surface area contributed by atoms with Gasteiger partial charge in [0, 0.05) is 6.21 Å².